The molecule has 0 radical (unpaired) electrons. The van der Waals surface area contributed by atoms with Gasteiger partial charge in [-0.05, 0) is 228 Å². The number of terminal acetylenes is 1. The topological polar surface area (TPSA) is 237 Å². The monoisotopic (exact) mass is 1920 g/mol. The predicted octanol–water partition coefficient (Wildman–Crippen LogP) is 18.4. The Kier molecular flexibility index (Phi) is 42.8. The zero-order chi connectivity index (χ0) is 99.8. The van der Waals surface area contributed by atoms with E-state index in [2.05, 4.69) is 332 Å². The number of allylic oxidation sites excluding steroid dienone is 1. The van der Waals surface area contributed by atoms with E-state index in [4.69, 9.17) is 6.42 Å². The summed E-state index contributed by atoms with van der Waals surface area (Å²) in [5.74, 6) is 8.56. The van der Waals surface area contributed by atoms with Gasteiger partial charge in [-0.15, -0.1) is 13.0 Å². The number of ketones is 1. The van der Waals surface area contributed by atoms with E-state index in [0.717, 1.165) is 285 Å². The van der Waals surface area contributed by atoms with Gasteiger partial charge < -0.3 is 87.1 Å². The Bertz CT molecular complexity index is 5210. The van der Waals surface area contributed by atoms with Gasteiger partial charge in [0.15, 0.2) is 15.6 Å². The van der Waals surface area contributed by atoms with Crippen molar-refractivity contribution in [1.29, 1.82) is 0 Å². The number of amides is 4. The summed E-state index contributed by atoms with van der Waals surface area (Å²) in [5, 5.41) is 28.7. The minimum atomic E-state index is -2.80. The Morgan fingerprint density at radius 3 is 1.14 bits per heavy atom. The van der Waals surface area contributed by atoms with E-state index in [9.17, 15) is 27.6 Å². The molecule has 23 nitrogen and oxygen atoms in total. The molecule has 7 aromatic rings. The molecular weight excluding hydrogens is 1750 g/mol. The second-order valence-electron chi connectivity index (χ2n) is 41.6. The van der Waals surface area contributed by atoms with Gasteiger partial charge in [-0.1, -0.05) is 170 Å². The second-order valence-corrected chi connectivity index (χ2v) is 44.0. The number of nitrogens with zero attached hydrogens (tertiary/aromatic N) is 8. The molecule has 10 aliphatic rings. The van der Waals surface area contributed by atoms with Gasteiger partial charge >= 0.3 is 6.03 Å². The highest BCUT2D eigenvalue weighted by Gasteiger charge is 2.39. The average Bonchev–Trinajstić information content (AvgIpc) is 1.76. The molecule has 1 atom stereocenters. The number of piperazine rings is 6. The summed E-state index contributed by atoms with van der Waals surface area (Å²) in [7, 11) is -1.17. The van der Waals surface area contributed by atoms with Crippen LogP contribution in [0.4, 0.5) is 56.0 Å². The highest BCUT2D eigenvalue weighted by Crippen LogP contribution is 2.40. The number of nitrogens with one attached hydrogen (secondary N) is 9. The van der Waals surface area contributed by atoms with Crippen molar-refractivity contribution in [3.63, 3.8) is 0 Å². The highest BCUT2D eigenvalue weighted by atomic mass is 32.2. The van der Waals surface area contributed by atoms with E-state index < -0.39 is 9.84 Å². The van der Waals surface area contributed by atoms with E-state index in [0.29, 0.717) is 70.7 Å². The Morgan fingerprint density at radius 1 is 0.410 bits per heavy atom. The molecule has 8 saturated heterocycles. The summed E-state index contributed by atoms with van der Waals surface area (Å²) < 4.78 is 24.2. The maximum absolute atomic E-state index is 13.1. The lowest BCUT2D eigenvalue weighted by Crippen LogP contribution is -2.44. The lowest BCUT2D eigenvalue weighted by Gasteiger charge is -2.33. The number of piperidine rings is 1. The molecule has 1 unspecified atom stereocenters. The number of carbonyl (C=O) groups is 4. The van der Waals surface area contributed by atoms with Crippen molar-refractivity contribution in [3.05, 3.63) is 207 Å². The van der Waals surface area contributed by atoms with Gasteiger partial charge in [-0.3, -0.25) is 14.4 Å². The van der Waals surface area contributed by atoms with Gasteiger partial charge in [-0.25, -0.2) is 13.2 Å². The molecule has 2 saturated carbocycles. The molecular formula is C115H171N17O6S. The Labute approximate surface area is 836 Å². The van der Waals surface area contributed by atoms with Crippen molar-refractivity contribution in [3.8, 4) is 12.3 Å². The molecule has 24 heteroatoms. The fourth-order valence-corrected chi connectivity index (χ4v) is 21.3. The van der Waals surface area contributed by atoms with Crippen LogP contribution in [0.1, 0.15) is 268 Å². The lowest BCUT2D eigenvalue weighted by molar-refractivity contribution is -0.114. The molecule has 8 aliphatic heterocycles. The number of likely N-dealkylation sites (tertiary alicyclic amines) is 1. The zero-order valence-electron chi connectivity index (χ0n) is 87.5. The number of carbonyl (C=O) groups excluding carboxylic acids is 4. The smallest absolute Gasteiger partial charge is 0.319 e. The van der Waals surface area contributed by atoms with Gasteiger partial charge in [0, 0.05) is 237 Å². The normalized spacial score (nSPS) is 18.1. The van der Waals surface area contributed by atoms with Crippen LogP contribution in [0.25, 0.3) is 0 Å². The zero-order valence-corrected chi connectivity index (χ0v) is 88.3. The minimum absolute atomic E-state index is 0.00546. The van der Waals surface area contributed by atoms with Crippen molar-refractivity contribution in [2.45, 2.75) is 209 Å². The van der Waals surface area contributed by atoms with Crippen molar-refractivity contribution in [2.75, 3.05) is 241 Å². The van der Waals surface area contributed by atoms with E-state index in [1.165, 1.54) is 61.6 Å². The maximum Gasteiger partial charge on any atom is 0.319 e. The van der Waals surface area contributed by atoms with Gasteiger partial charge in [-0.2, -0.15) is 0 Å². The number of rotatable bonds is 24. The van der Waals surface area contributed by atoms with Crippen LogP contribution < -0.4 is 82.2 Å². The number of anilines is 9. The third-order valence-electron chi connectivity index (χ3n) is 28.5. The van der Waals surface area contributed by atoms with E-state index in [1.54, 1.807) is 14.0 Å². The second kappa shape index (κ2) is 54.3. The first-order chi connectivity index (χ1) is 66.8. The van der Waals surface area contributed by atoms with Crippen LogP contribution in [0.5, 0.6) is 0 Å². The molecule has 2 aliphatic carbocycles. The lowest BCUT2D eigenvalue weighted by atomic mass is 9.95. The Balaban J connectivity index is 0.000000156. The molecule has 139 heavy (non-hydrogen) atoms. The van der Waals surface area contributed by atoms with Crippen LogP contribution in [-0.4, -0.2) is 238 Å². The summed E-state index contributed by atoms with van der Waals surface area (Å²) in [6.45, 7) is 66.4. The third-order valence-corrected chi connectivity index (χ3v) is 30.9. The van der Waals surface area contributed by atoms with Crippen LogP contribution >= 0.6 is 0 Å². The van der Waals surface area contributed by atoms with Gasteiger partial charge in [0.05, 0.1) is 45.0 Å². The number of hydrogen-bond acceptors (Lipinski definition) is 19. The molecule has 7 aromatic carbocycles. The fourth-order valence-electron chi connectivity index (χ4n) is 19.2. The number of Topliss-reactive ketones (excluding diaryl/α,β-unsaturated/α-hetero) is 1. The standard InChI is InChI=1S/C19H29N3O.C18H27NO2S.C17H24N2O.C16H24N2.C15H24N4O.C15H23N3O.C15H20N2/c1-14(2)16-4-5-18(21-10-7-20-8-11-21)17(12-16)19(23)22-9-6-15(3)13-22;1-14(2)16-3-5-17(6-4-16)19-11-9-15(10-12-19)13-22(20,21)18-7-8-18;1-12(2)14-5-6-16(19-9-7-18-8-10-19)15(11-14)17(20)13-3-4-13;1-4-5-15-12-14(13(2)3)6-7-16(15)18-10-8-17-9-11-18;1-11(2)12-4-5-14(19-8-6-17-7-9-19)13(10-12)18-15(20)16-3;1-11(2)13-4-5-15(14(10-13)17-12(3)19)18-8-6-16-7-9-18;1-4-13-11-14(12(2)3)5-6-15(13)17-9-7-16-8-10-17/h4-5,12,14-15,20H,6-11,13H2,1-3H3;3-6,14-15,18H,7-13H2,1-2H3;5-6,11-13,18H,3-4,7-10H2,1-2H3;4,6-7,12-13,17H,1,5,8-11H2,2-3H3;4-5,10-11,17H,6-9H2,1-3H3,(H2,16,18,20);4-5,10-11,16H,6-9H2,1-3H3,(H,17,19);1,5-6,11-12,16H,7-10H2,2-3H3. The first-order valence-electron chi connectivity index (χ1n) is 52.6. The van der Waals surface area contributed by atoms with Crippen LogP contribution in [0.15, 0.2) is 146 Å². The Morgan fingerprint density at radius 2 is 0.763 bits per heavy atom. The van der Waals surface area contributed by atoms with E-state index in [-0.39, 0.29) is 23.1 Å². The van der Waals surface area contributed by atoms with Crippen LogP contribution in [-0.2, 0) is 21.1 Å². The first-order valence-corrected chi connectivity index (χ1v) is 54.3. The summed E-state index contributed by atoms with van der Waals surface area (Å²) in [6, 6.07) is 47.8. The molecule has 17 rings (SSSR count). The molecule has 9 N–H and O–H groups in total. The highest BCUT2D eigenvalue weighted by molar-refractivity contribution is 7.92. The van der Waals surface area contributed by atoms with Crippen molar-refractivity contribution in [1.82, 2.24) is 42.1 Å². The number of urea groups is 1. The van der Waals surface area contributed by atoms with Crippen molar-refractivity contribution in [2.24, 2.45) is 17.8 Å². The summed E-state index contributed by atoms with van der Waals surface area (Å²) in [4.78, 5) is 67.4. The molecule has 0 bridgehead atoms. The maximum atomic E-state index is 13.1. The van der Waals surface area contributed by atoms with Gasteiger partial charge in [0.25, 0.3) is 5.91 Å². The molecule has 8 heterocycles. The van der Waals surface area contributed by atoms with Gasteiger partial charge in [0.1, 0.15) is 0 Å². The van der Waals surface area contributed by atoms with Gasteiger partial charge in [0.2, 0.25) is 5.91 Å². The van der Waals surface area contributed by atoms with Crippen LogP contribution in [0.3, 0.4) is 0 Å². The quantitative estimate of drug-likeness (QED) is 0.0155. The largest absolute Gasteiger partial charge is 0.372 e. The SMILES string of the molecule is C#Cc1cc(C(C)C)ccc1N1CCNCC1.C=CCc1cc(C(C)C)ccc1N1CCNCC1.CC(=O)Nc1cc(C(C)C)ccc1N1CCNCC1.CC(C)c1ccc(N2CCC(CS(=O)(=O)C3CC3)CC2)cc1.CC(C)c1ccc(N2CCNCC2)c(C(=O)C2CC2)c1.CC1CCN(C(=O)c2cc(C(C)C)ccc2N2CCNCC2)C1.CNC(=O)Nc1cc(C(C)C)ccc1N1CCNCC1. The Hall–Kier alpha value is -9.97. The summed E-state index contributed by atoms with van der Waals surface area (Å²) >= 11 is 0. The molecule has 4 amide bonds. The van der Waals surface area contributed by atoms with E-state index in [1.807, 2.05) is 11.0 Å². The number of hydrogen-bond donors (Lipinski definition) is 9. The minimum Gasteiger partial charge on any atom is -0.372 e. The van der Waals surface area contributed by atoms with E-state index >= 15 is 0 Å². The first kappa shape index (κ1) is 109. The molecule has 758 valence electrons. The van der Waals surface area contributed by atoms with Crippen LogP contribution in [0, 0.1) is 30.1 Å². The van der Waals surface area contributed by atoms with Crippen molar-refractivity contribution >= 4 is 84.7 Å². The predicted molar refractivity (Wildman–Crippen MR) is 587 cm³/mol. The summed E-state index contributed by atoms with van der Waals surface area (Å²) in [5.41, 5.74) is 23.6. The van der Waals surface area contributed by atoms with Crippen molar-refractivity contribution < 1.29 is 27.6 Å². The number of benzene rings is 7. The van der Waals surface area contributed by atoms with Crippen LogP contribution in [0.2, 0.25) is 0 Å². The third kappa shape index (κ3) is 32.8. The average molecular weight is 1920 g/mol. The fraction of sp³-hybridized carbons (Fsp3) is 0.565. The molecule has 0 spiro atoms. The number of sulfone groups is 1. The molecule has 0 aromatic heterocycles. The summed E-state index contributed by atoms with van der Waals surface area (Å²) in [6.07, 6.45) is 15.7. The molecule has 10 fully saturated rings.